The molecule has 0 saturated carbocycles. The van der Waals surface area contributed by atoms with Crippen molar-refractivity contribution < 1.29 is 5.11 Å². The Kier molecular flexibility index (Phi) is 2.75. The van der Waals surface area contributed by atoms with Crippen LogP contribution in [0.25, 0.3) is 11.2 Å². The number of nitrogens with zero attached hydrogens (tertiary/aromatic N) is 4. The van der Waals surface area contributed by atoms with E-state index in [1.54, 1.807) is 13.4 Å². The molecule has 0 radical (unpaired) electrons. The summed E-state index contributed by atoms with van der Waals surface area (Å²) in [7, 11) is 1.78. The largest absolute Gasteiger partial charge is 0.394 e. The maximum absolute atomic E-state index is 9.42. The van der Waals surface area contributed by atoms with Gasteiger partial charge in [0.05, 0.1) is 19.0 Å². The molecule has 96 valence electrons. The summed E-state index contributed by atoms with van der Waals surface area (Å²) in [6, 6.07) is 0.135. The third kappa shape index (κ3) is 1.67. The van der Waals surface area contributed by atoms with E-state index >= 15 is 0 Å². The van der Waals surface area contributed by atoms with Crippen molar-refractivity contribution in [2.24, 2.45) is 0 Å². The number of aliphatic hydroxyl groups excluding tert-OH is 1. The molecular weight excluding hydrogens is 232 g/mol. The number of imidazole rings is 1. The Morgan fingerprint density at radius 1 is 1.56 bits per heavy atom. The van der Waals surface area contributed by atoms with Gasteiger partial charge < -0.3 is 20.3 Å². The highest BCUT2D eigenvalue weighted by atomic mass is 16.3. The fourth-order valence-corrected chi connectivity index (χ4v) is 2.44. The van der Waals surface area contributed by atoms with Crippen molar-refractivity contribution in [3.63, 3.8) is 0 Å². The monoisotopic (exact) mass is 248 g/mol. The second kappa shape index (κ2) is 4.41. The van der Waals surface area contributed by atoms with Gasteiger partial charge in [0.25, 0.3) is 0 Å². The molecule has 7 nitrogen and oxygen atoms in total. The van der Waals surface area contributed by atoms with Crippen LogP contribution in [0.3, 0.4) is 0 Å². The minimum atomic E-state index is 0.135. The summed E-state index contributed by atoms with van der Waals surface area (Å²) in [6.45, 7) is 1.05. The summed E-state index contributed by atoms with van der Waals surface area (Å²) < 4.78 is 0. The van der Waals surface area contributed by atoms with Crippen molar-refractivity contribution in [3.05, 3.63) is 6.33 Å². The van der Waals surface area contributed by atoms with Crippen LogP contribution >= 0.6 is 0 Å². The van der Waals surface area contributed by atoms with Crippen molar-refractivity contribution in [1.29, 1.82) is 0 Å². The average Bonchev–Trinajstić information content (AvgIpc) is 3.05. The van der Waals surface area contributed by atoms with Gasteiger partial charge in [-0.2, -0.15) is 9.97 Å². The van der Waals surface area contributed by atoms with E-state index in [0.29, 0.717) is 11.6 Å². The molecule has 18 heavy (non-hydrogen) atoms. The zero-order valence-corrected chi connectivity index (χ0v) is 10.2. The predicted molar refractivity (Wildman–Crippen MR) is 68.7 cm³/mol. The second-order valence-electron chi connectivity index (χ2n) is 4.39. The number of H-pyrrole nitrogens is 1. The second-order valence-corrected chi connectivity index (χ2v) is 4.39. The Morgan fingerprint density at radius 2 is 2.44 bits per heavy atom. The molecule has 1 unspecified atom stereocenters. The minimum absolute atomic E-state index is 0.135. The fraction of sp³-hybridized carbons (Fsp3) is 0.545. The van der Waals surface area contributed by atoms with E-state index in [9.17, 15) is 5.11 Å². The Bertz CT molecular complexity index is 553. The number of hydrogen-bond acceptors (Lipinski definition) is 6. The quantitative estimate of drug-likeness (QED) is 0.726. The molecule has 3 N–H and O–H groups in total. The van der Waals surface area contributed by atoms with Crippen LogP contribution in [0.5, 0.6) is 0 Å². The summed E-state index contributed by atoms with van der Waals surface area (Å²) in [5.41, 5.74) is 1.47. The van der Waals surface area contributed by atoms with Gasteiger partial charge in [-0.25, -0.2) is 4.98 Å². The number of aromatic nitrogens is 4. The molecule has 0 bridgehead atoms. The SMILES string of the molecule is CNc1nc(N2CCCC2CO)c2[nH]cnc2n1. The molecule has 1 atom stereocenters. The fourth-order valence-electron chi connectivity index (χ4n) is 2.44. The first kappa shape index (κ1) is 11.2. The molecule has 0 spiro atoms. The van der Waals surface area contributed by atoms with Crippen LogP contribution in [0.2, 0.25) is 0 Å². The number of rotatable bonds is 3. The number of aromatic amines is 1. The van der Waals surface area contributed by atoms with Crippen molar-refractivity contribution in [3.8, 4) is 0 Å². The van der Waals surface area contributed by atoms with Crippen LogP contribution in [-0.4, -0.2) is 51.3 Å². The normalized spacial score (nSPS) is 19.7. The highest BCUT2D eigenvalue weighted by Gasteiger charge is 2.27. The highest BCUT2D eigenvalue weighted by Crippen LogP contribution is 2.29. The van der Waals surface area contributed by atoms with Gasteiger partial charge in [-0.1, -0.05) is 0 Å². The molecule has 7 heteroatoms. The smallest absolute Gasteiger partial charge is 0.226 e. The van der Waals surface area contributed by atoms with E-state index < -0.39 is 0 Å². The maximum atomic E-state index is 9.42. The Labute approximate surface area is 104 Å². The standard InChI is InChI=1S/C11H16N6O/c1-12-11-15-9-8(13-6-14-9)10(16-11)17-4-2-3-7(17)5-18/h6-7,18H,2-5H2,1H3,(H2,12,13,14,15,16). The molecule has 1 fully saturated rings. The lowest BCUT2D eigenvalue weighted by atomic mass is 10.2. The molecule has 0 amide bonds. The van der Waals surface area contributed by atoms with Crippen LogP contribution in [0.1, 0.15) is 12.8 Å². The summed E-state index contributed by atoms with van der Waals surface area (Å²) in [4.78, 5) is 18.2. The van der Waals surface area contributed by atoms with Crippen molar-refractivity contribution >= 4 is 22.9 Å². The van der Waals surface area contributed by atoms with E-state index in [2.05, 4.69) is 30.2 Å². The molecule has 1 aliphatic rings. The first-order chi connectivity index (χ1) is 8.83. The zero-order chi connectivity index (χ0) is 12.5. The molecule has 3 rings (SSSR count). The Hall–Kier alpha value is -1.89. The number of fused-ring (bicyclic) bond motifs is 1. The third-order valence-corrected chi connectivity index (χ3v) is 3.35. The molecule has 2 aromatic heterocycles. The minimum Gasteiger partial charge on any atom is -0.394 e. The highest BCUT2D eigenvalue weighted by molar-refractivity contribution is 5.84. The van der Waals surface area contributed by atoms with E-state index in [1.807, 2.05) is 0 Å². The zero-order valence-electron chi connectivity index (χ0n) is 10.2. The topological polar surface area (TPSA) is 90.0 Å². The van der Waals surface area contributed by atoms with Gasteiger partial charge in [-0.3, -0.25) is 0 Å². The van der Waals surface area contributed by atoms with Gasteiger partial charge in [0.2, 0.25) is 5.95 Å². The van der Waals surface area contributed by atoms with Gasteiger partial charge in [0, 0.05) is 13.6 Å². The molecule has 1 saturated heterocycles. The van der Waals surface area contributed by atoms with Gasteiger partial charge in [-0.15, -0.1) is 0 Å². The van der Waals surface area contributed by atoms with Gasteiger partial charge in [-0.05, 0) is 12.8 Å². The molecular formula is C11H16N6O. The lowest BCUT2D eigenvalue weighted by Crippen LogP contribution is -2.33. The average molecular weight is 248 g/mol. The first-order valence-electron chi connectivity index (χ1n) is 6.10. The lowest BCUT2D eigenvalue weighted by molar-refractivity contribution is 0.266. The van der Waals surface area contributed by atoms with Crippen molar-refractivity contribution in [2.45, 2.75) is 18.9 Å². The van der Waals surface area contributed by atoms with Crippen molar-refractivity contribution in [1.82, 2.24) is 19.9 Å². The molecule has 2 aromatic rings. The Morgan fingerprint density at radius 3 is 3.22 bits per heavy atom. The van der Waals surface area contributed by atoms with E-state index in [-0.39, 0.29) is 12.6 Å². The van der Waals surface area contributed by atoms with E-state index in [4.69, 9.17) is 0 Å². The van der Waals surface area contributed by atoms with E-state index in [0.717, 1.165) is 30.7 Å². The third-order valence-electron chi connectivity index (χ3n) is 3.35. The summed E-state index contributed by atoms with van der Waals surface area (Å²) in [5.74, 6) is 1.37. The molecule has 3 heterocycles. The predicted octanol–water partition coefficient (Wildman–Crippen LogP) is 0.356. The van der Waals surface area contributed by atoms with Gasteiger partial charge in [0.1, 0.15) is 5.52 Å². The van der Waals surface area contributed by atoms with Crippen LogP contribution < -0.4 is 10.2 Å². The first-order valence-corrected chi connectivity index (χ1v) is 6.10. The van der Waals surface area contributed by atoms with Crippen LogP contribution in [0.15, 0.2) is 6.33 Å². The molecule has 1 aliphatic heterocycles. The summed E-state index contributed by atoms with van der Waals surface area (Å²) in [6.07, 6.45) is 3.68. The molecule has 0 aliphatic carbocycles. The number of anilines is 2. The number of aliphatic hydroxyl groups is 1. The number of nitrogens with one attached hydrogen (secondary N) is 2. The van der Waals surface area contributed by atoms with Crippen LogP contribution in [0, 0.1) is 0 Å². The van der Waals surface area contributed by atoms with Gasteiger partial charge >= 0.3 is 0 Å². The van der Waals surface area contributed by atoms with Crippen LogP contribution in [0.4, 0.5) is 11.8 Å². The van der Waals surface area contributed by atoms with E-state index in [1.165, 1.54) is 0 Å². The lowest BCUT2D eigenvalue weighted by Gasteiger charge is -2.24. The summed E-state index contributed by atoms with van der Waals surface area (Å²) >= 11 is 0. The maximum Gasteiger partial charge on any atom is 0.226 e. The molecule has 0 aromatic carbocycles. The number of hydrogen-bond donors (Lipinski definition) is 3. The van der Waals surface area contributed by atoms with Gasteiger partial charge in [0.15, 0.2) is 11.5 Å². The Balaban J connectivity index is 2.11. The van der Waals surface area contributed by atoms with Crippen LogP contribution in [-0.2, 0) is 0 Å². The summed E-state index contributed by atoms with van der Waals surface area (Å²) in [5, 5.41) is 12.4. The van der Waals surface area contributed by atoms with Crippen molar-refractivity contribution in [2.75, 3.05) is 30.4 Å².